The minimum atomic E-state index is -0.481. The van der Waals surface area contributed by atoms with Crippen LogP contribution in [0.2, 0.25) is 0 Å². The van der Waals surface area contributed by atoms with Gasteiger partial charge in [-0.15, -0.1) is 0 Å². The van der Waals surface area contributed by atoms with Crippen molar-refractivity contribution in [1.82, 2.24) is 30.0 Å². The maximum Gasteiger partial charge on any atom is 0.319 e. The summed E-state index contributed by atoms with van der Waals surface area (Å²) in [6.07, 6.45) is 1.70. The Morgan fingerprint density at radius 3 is 2.44 bits per heavy atom. The summed E-state index contributed by atoms with van der Waals surface area (Å²) in [4.78, 5) is 50.9. The standard InChI is InChI=1S/C18H26N6O3/c1-12-13(2)20-11-21-15(12)16(26)23-5-6-24(17(27)22(3)4)10-18(9-23)7-14(25)19-8-18/h11H,5-10H2,1-4H3,(H,19,25). The van der Waals surface area contributed by atoms with E-state index in [0.29, 0.717) is 44.8 Å². The molecule has 1 atom stereocenters. The van der Waals surface area contributed by atoms with Crippen LogP contribution in [0.5, 0.6) is 0 Å². The second kappa shape index (κ2) is 7.13. The third-order valence-corrected chi connectivity index (χ3v) is 5.37. The zero-order valence-electron chi connectivity index (χ0n) is 16.3. The fourth-order valence-corrected chi connectivity index (χ4v) is 3.76. The van der Waals surface area contributed by atoms with Gasteiger partial charge >= 0.3 is 6.03 Å². The van der Waals surface area contributed by atoms with Crippen LogP contribution in [0, 0.1) is 19.3 Å². The van der Waals surface area contributed by atoms with Crippen molar-refractivity contribution >= 4 is 17.8 Å². The molecule has 0 aliphatic carbocycles. The van der Waals surface area contributed by atoms with Gasteiger partial charge in [0.25, 0.3) is 5.91 Å². The normalized spacial score (nSPS) is 22.6. The minimum absolute atomic E-state index is 0.0457. The molecule has 4 amide bonds. The Balaban J connectivity index is 1.90. The molecule has 0 bridgehead atoms. The Labute approximate surface area is 158 Å². The van der Waals surface area contributed by atoms with E-state index in [0.717, 1.165) is 11.3 Å². The Hall–Kier alpha value is -2.71. The molecule has 0 saturated carbocycles. The van der Waals surface area contributed by atoms with E-state index in [1.807, 2.05) is 13.8 Å². The number of nitrogens with zero attached hydrogens (tertiary/aromatic N) is 5. The van der Waals surface area contributed by atoms with Crippen LogP contribution in [0.25, 0.3) is 0 Å². The summed E-state index contributed by atoms with van der Waals surface area (Å²) < 4.78 is 0. The van der Waals surface area contributed by atoms with E-state index in [1.54, 1.807) is 23.9 Å². The van der Waals surface area contributed by atoms with Crippen LogP contribution in [-0.2, 0) is 4.79 Å². The molecule has 0 aromatic carbocycles. The van der Waals surface area contributed by atoms with Crippen molar-refractivity contribution in [2.75, 3.05) is 46.8 Å². The molecule has 1 N–H and O–H groups in total. The maximum atomic E-state index is 13.2. The number of hydrogen-bond donors (Lipinski definition) is 1. The Kier molecular flexibility index (Phi) is 5.03. The van der Waals surface area contributed by atoms with Crippen LogP contribution < -0.4 is 5.32 Å². The van der Waals surface area contributed by atoms with Crippen molar-refractivity contribution in [2.24, 2.45) is 5.41 Å². The molecule has 1 unspecified atom stereocenters. The van der Waals surface area contributed by atoms with Gasteiger partial charge in [0.2, 0.25) is 5.91 Å². The van der Waals surface area contributed by atoms with Crippen LogP contribution in [0.15, 0.2) is 6.33 Å². The SMILES string of the molecule is Cc1ncnc(C(=O)N2CCN(C(=O)N(C)C)CC3(CNC(=O)C3)C2)c1C. The molecule has 2 aliphatic rings. The fraction of sp³-hybridized carbons (Fsp3) is 0.611. The van der Waals surface area contributed by atoms with E-state index in [1.165, 1.54) is 11.2 Å². The first kappa shape index (κ1) is 19.1. The molecule has 0 radical (unpaired) electrons. The van der Waals surface area contributed by atoms with Gasteiger partial charge in [0.05, 0.1) is 0 Å². The quantitative estimate of drug-likeness (QED) is 0.748. The second-order valence-electron chi connectivity index (χ2n) is 7.71. The lowest BCUT2D eigenvalue weighted by Crippen LogP contribution is -2.47. The summed E-state index contributed by atoms with van der Waals surface area (Å²) in [6, 6.07) is -0.114. The maximum absolute atomic E-state index is 13.2. The van der Waals surface area contributed by atoms with Gasteiger partial charge in [-0.05, 0) is 13.8 Å². The highest BCUT2D eigenvalue weighted by molar-refractivity contribution is 5.94. The van der Waals surface area contributed by atoms with Gasteiger partial charge in [0.1, 0.15) is 12.0 Å². The molecule has 9 heteroatoms. The van der Waals surface area contributed by atoms with Crippen molar-refractivity contribution < 1.29 is 14.4 Å². The van der Waals surface area contributed by atoms with Crippen molar-refractivity contribution in [2.45, 2.75) is 20.3 Å². The number of nitrogens with one attached hydrogen (secondary N) is 1. The molecule has 3 heterocycles. The van der Waals surface area contributed by atoms with Crippen LogP contribution in [0.4, 0.5) is 4.79 Å². The highest BCUT2D eigenvalue weighted by Gasteiger charge is 2.45. The second-order valence-corrected chi connectivity index (χ2v) is 7.71. The van der Waals surface area contributed by atoms with E-state index in [9.17, 15) is 14.4 Å². The highest BCUT2D eigenvalue weighted by atomic mass is 16.2. The lowest BCUT2D eigenvalue weighted by atomic mass is 9.86. The Morgan fingerprint density at radius 2 is 1.81 bits per heavy atom. The molecular formula is C18H26N6O3. The number of amides is 4. The number of aryl methyl sites for hydroxylation is 1. The lowest BCUT2D eigenvalue weighted by Gasteiger charge is -2.33. The number of urea groups is 1. The molecule has 1 aromatic rings. The van der Waals surface area contributed by atoms with Gasteiger partial charge in [0.15, 0.2) is 0 Å². The predicted molar refractivity (Wildman–Crippen MR) is 98.1 cm³/mol. The lowest BCUT2D eigenvalue weighted by molar-refractivity contribution is -0.119. The molecule has 27 heavy (non-hydrogen) atoms. The number of rotatable bonds is 1. The molecular weight excluding hydrogens is 348 g/mol. The fourth-order valence-electron chi connectivity index (χ4n) is 3.76. The van der Waals surface area contributed by atoms with E-state index < -0.39 is 5.41 Å². The van der Waals surface area contributed by atoms with Crippen LogP contribution >= 0.6 is 0 Å². The monoisotopic (exact) mass is 374 g/mol. The minimum Gasteiger partial charge on any atom is -0.355 e. The van der Waals surface area contributed by atoms with Crippen molar-refractivity contribution in [3.8, 4) is 0 Å². The summed E-state index contributed by atoms with van der Waals surface area (Å²) in [7, 11) is 3.40. The summed E-state index contributed by atoms with van der Waals surface area (Å²) in [5, 5.41) is 2.86. The molecule has 9 nitrogen and oxygen atoms in total. The van der Waals surface area contributed by atoms with Crippen molar-refractivity contribution in [3.63, 3.8) is 0 Å². The molecule has 2 saturated heterocycles. The number of carbonyl (C=O) groups is 3. The van der Waals surface area contributed by atoms with E-state index in [2.05, 4.69) is 15.3 Å². The van der Waals surface area contributed by atoms with Gasteiger partial charge in [-0.2, -0.15) is 0 Å². The molecule has 2 aliphatic heterocycles. The van der Waals surface area contributed by atoms with E-state index in [-0.39, 0.29) is 17.8 Å². The van der Waals surface area contributed by atoms with Crippen LogP contribution in [-0.4, -0.2) is 89.3 Å². The topological polar surface area (TPSA) is 98.7 Å². The zero-order valence-corrected chi connectivity index (χ0v) is 16.3. The molecule has 1 aromatic heterocycles. The molecule has 3 rings (SSSR count). The van der Waals surface area contributed by atoms with Crippen LogP contribution in [0.3, 0.4) is 0 Å². The third kappa shape index (κ3) is 3.72. The molecule has 146 valence electrons. The number of hydrogen-bond acceptors (Lipinski definition) is 5. The Bertz CT molecular complexity index is 780. The average molecular weight is 374 g/mol. The summed E-state index contributed by atoms with van der Waals surface area (Å²) in [5.74, 6) is -0.230. The van der Waals surface area contributed by atoms with Crippen LogP contribution in [0.1, 0.15) is 28.2 Å². The van der Waals surface area contributed by atoms with Gasteiger partial charge in [0, 0.05) is 69.9 Å². The number of aromatic nitrogens is 2. The Morgan fingerprint density at radius 1 is 1.15 bits per heavy atom. The first-order chi connectivity index (χ1) is 12.7. The zero-order chi connectivity index (χ0) is 19.8. The van der Waals surface area contributed by atoms with Gasteiger partial charge in [-0.3, -0.25) is 9.59 Å². The first-order valence-electron chi connectivity index (χ1n) is 9.03. The first-order valence-corrected chi connectivity index (χ1v) is 9.03. The third-order valence-electron chi connectivity index (χ3n) is 5.37. The molecule has 2 fully saturated rings. The van der Waals surface area contributed by atoms with E-state index >= 15 is 0 Å². The smallest absolute Gasteiger partial charge is 0.319 e. The largest absolute Gasteiger partial charge is 0.355 e. The number of carbonyl (C=O) groups excluding carboxylic acids is 3. The predicted octanol–water partition coefficient (Wildman–Crippen LogP) is 0.0391. The van der Waals surface area contributed by atoms with Gasteiger partial charge in [-0.25, -0.2) is 14.8 Å². The summed E-state index contributed by atoms with van der Waals surface area (Å²) >= 11 is 0. The van der Waals surface area contributed by atoms with E-state index in [4.69, 9.17) is 0 Å². The van der Waals surface area contributed by atoms with Gasteiger partial charge < -0.3 is 20.0 Å². The van der Waals surface area contributed by atoms with Crippen molar-refractivity contribution in [3.05, 3.63) is 23.3 Å². The highest BCUT2D eigenvalue weighted by Crippen LogP contribution is 2.31. The van der Waals surface area contributed by atoms with Crippen molar-refractivity contribution in [1.29, 1.82) is 0 Å². The summed E-state index contributed by atoms with van der Waals surface area (Å²) in [6.45, 7) is 5.79. The molecule has 1 spiro atoms. The average Bonchev–Trinajstić information content (AvgIpc) is 2.87. The van der Waals surface area contributed by atoms with Gasteiger partial charge in [-0.1, -0.05) is 0 Å². The summed E-state index contributed by atoms with van der Waals surface area (Å²) in [5.41, 5.74) is 1.41.